The molecule has 0 atom stereocenters. The van der Waals surface area contributed by atoms with Gasteiger partial charge in [-0.3, -0.25) is 4.79 Å². The van der Waals surface area contributed by atoms with E-state index in [1.54, 1.807) is 12.1 Å². The molecule has 3 N–H and O–H groups in total. The van der Waals surface area contributed by atoms with E-state index in [2.05, 4.69) is 5.32 Å². The van der Waals surface area contributed by atoms with Crippen LogP contribution in [0.4, 0.5) is 5.69 Å². The topological polar surface area (TPSA) is 89.3 Å². The van der Waals surface area contributed by atoms with Crippen molar-refractivity contribution in [1.29, 1.82) is 0 Å². The first-order valence-electron chi connectivity index (χ1n) is 5.66. The van der Waals surface area contributed by atoms with Gasteiger partial charge in [0, 0.05) is 18.5 Å². The molecule has 1 amide bonds. The number of nitrogens with two attached hydrogens (primary N) is 1. The van der Waals surface area contributed by atoms with Crippen molar-refractivity contribution in [2.45, 2.75) is 12.8 Å². The fraction of sp³-hybridized carbons (Fsp3) is 0.417. The summed E-state index contributed by atoms with van der Waals surface area (Å²) in [6.45, 7) is 0.360. The summed E-state index contributed by atoms with van der Waals surface area (Å²) in [6.07, 6.45) is 1.82. The first-order chi connectivity index (χ1) is 8.38. The maximum atomic E-state index is 11.6. The highest BCUT2D eigenvalue weighted by molar-refractivity contribution is 7.90. The summed E-state index contributed by atoms with van der Waals surface area (Å²) in [4.78, 5) is 11.6. The summed E-state index contributed by atoms with van der Waals surface area (Å²) < 4.78 is 21.8. The Labute approximate surface area is 107 Å². The zero-order chi connectivity index (χ0) is 13.6. The second-order valence-electron chi connectivity index (χ2n) is 4.21. The maximum absolute atomic E-state index is 11.6. The van der Waals surface area contributed by atoms with E-state index in [0.29, 0.717) is 18.7 Å². The SMILES string of the molecule is CS(=O)(=O)CCCNC(=O)Cc1ccccc1N. The molecule has 0 aromatic heterocycles. The number of hydrogen-bond acceptors (Lipinski definition) is 4. The number of sulfone groups is 1. The Morgan fingerprint density at radius 3 is 2.61 bits per heavy atom. The number of amides is 1. The number of rotatable bonds is 6. The molecule has 0 aliphatic heterocycles. The zero-order valence-electron chi connectivity index (χ0n) is 10.3. The Kier molecular flexibility index (Phi) is 5.15. The number of para-hydroxylation sites is 1. The summed E-state index contributed by atoms with van der Waals surface area (Å²) in [5, 5.41) is 2.67. The predicted octanol–water partition coefficient (Wildman–Crippen LogP) is 0.362. The molecule has 0 aliphatic rings. The summed E-state index contributed by atoms with van der Waals surface area (Å²) in [5.74, 6) is -0.0674. The smallest absolute Gasteiger partial charge is 0.224 e. The molecule has 0 saturated heterocycles. The molecule has 1 aromatic rings. The van der Waals surface area contributed by atoms with Gasteiger partial charge in [0.15, 0.2) is 0 Å². The fourth-order valence-electron chi connectivity index (χ4n) is 1.49. The Hall–Kier alpha value is -1.56. The number of hydrogen-bond donors (Lipinski definition) is 2. The lowest BCUT2D eigenvalue weighted by Crippen LogP contribution is -2.27. The number of carbonyl (C=O) groups is 1. The quantitative estimate of drug-likeness (QED) is 0.577. The van der Waals surface area contributed by atoms with Gasteiger partial charge in [-0.05, 0) is 18.1 Å². The molecule has 6 heteroatoms. The Balaban J connectivity index is 2.33. The third-order valence-electron chi connectivity index (χ3n) is 2.42. The second-order valence-corrected chi connectivity index (χ2v) is 6.47. The molecule has 100 valence electrons. The van der Waals surface area contributed by atoms with Crippen LogP contribution in [0.5, 0.6) is 0 Å². The highest BCUT2D eigenvalue weighted by Crippen LogP contribution is 2.10. The lowest BCUT2D eigenvalue weighted by atomic mass is 10.1. The van der Waals surface area contributed by atoms with Crippen molar-refractivity contribution in [2.75, 3.05) is 24.3 Å². The Morgan fingerprint density at radius 2 is 2.00 bits per heavy atom. The average molecular weight is 270 g/mol. The summed E-state index contributed by atoms with van der Waals surface area (Å²) in [7, 11) is -2.96. The van der Waals surface area contributed by atoms with Gasteiger partial charge in [0.25, 0.3) is 0 Å². The largest absolute Gasteiger partial charge is 0.398 e. The van der Waals surface area contributed by atoms with E-state index in [1.165, 1.54) is 6.26 Å². The second kappa shape index (κ2) is 6.39. The minimum Gasteiger partial charge on any atom is -0.398 e. The molecule has 18 heavy (non-hydrogen) atoms. The highest BCUT2D eigenvalue weighted by Gasteiger charge is 2.06. The first-order valence-corrected chi connectivity index (χ1v) is 7.72. The molecule has 0 spiro atoms. The van der Waals surface area contributed by atoms with Gasteiger partial charge in [-0.25, -0.2) is 8.42 Å². The number of benzene rings is 1. The van der Waals surface area contributed by atoms with Gasteiger partial charge in [0.05, 0.1) is 12.2 Å². The number of anilines is 1. The minimum atomic E-state index is -2.96. The molecule has 0 bridgehead atoms. The van der Waals surface area contributed by atoms with Crippen LogP contribution in [0, 0.1) is 0 Å². The molecule has 0 aliphatic carbocycles. The van der Waals surface area contributed by atoms with Crippen LogP contribution in [0.15, 0.2) is 24.3 Å². The monoisotopic (exact) mass is 270 g/mol. The molecule has 5 nitrogen and oxygen atoms in total. The van der Waals surface area contributed by atoms with Crippen LogP contribution in [0.2, 0.25) is 0 Å². The van der Waals surface area contributed by atoms with E-state index in [1.807, 2.05) is 12.1 Å². The van der Waals surface area contributed by atoms with Crippen LogP contribution in [0.1, 0.15) is 12.0 Å². The summed E-state index contributed by atoms with van der Waals surface area (Å²) >= 11 is 0. The molecule has 0 radical (unpaired) electrons. The van der Waals surface area contributed by atoms with Crippen LogP contribution in [0.3, 0.4) is 0 Å². The zero-order valence-corrected chi connectivity index (χ0v) is 11.2. The molecule has 1 rings (SSSR count). The third kappa shape index (κ3) is 5.67. The molecular formula is C12H18N2O3S. The van der Waals surface area contributed by atoms with E-state index in [-0.39, 0.29) is 18.1 Å². The standard InChI is InChI=1S/C12H18N2O3S/c1-18(16,17)8-4-7-14-12(15)9-10-5-2-3-6-11(10)13/h2-3,5-6H,4,7-9,13H2,1H3,(H,14,15). The van der Waals surface area contributed by atoms with Gasteiger partial charge in [-0.15, -0.1) is 0 Å². The average Bonchev–Trinajstić information content (AvgIpc) is 2.26. The van der Waals surface area contributed by atoms with Gasteiger partial charge in [0.1, 0.15) is 9.84 Å². The number of nitrogen functional groups attached to an aromatic ring is 1. The fourth-order valence-corrected chi connectivity index (χ4v) is 2.16. The van der Waals surface area contributed by atoms with Crippen molar-refractivity contribution in [3.05, 3.63) is 29.8 Å². The van der Waals surface area contributed by atoms with Crippen molar-refractivity contribution >= 4 is 21.4 Å². The minimum absolute atomic E-state index is 0.0841. The number of nitrogens with one attached hydrogen (secondary N) is 1. The van der Waals surface area contributed by atoms with E-state index in [0.717, 1.165) is 5.56 Å². The van der Waals surface area contributed by atoms with Crippen molar-refractivity contribution < 1.29 is 13.2 Å². The van der Waals surface area contributed by atoms with Crippen LogP contribution in [-0.4, -0.2) is 32.9 Å². The van der Waals surface area contributed by atoms with E-state index in [4.69, 9.17) is 5.73 Å². The summed E-state index contributed by atoms with van der Waals surface area (Å²) in [5.41, 5.74) is 7.08. The van der Waals surface area contributed by atoms with Gasteiger partial charge in [0.2, 0.25) is 5.91 Å². The molecular weight excluding hydrogens is 252 g/mol. The van der Waals surface area contributed by atoms with Gasteiger partial charge < -0.3 is 11.1 Å². The van der Waals surface area contributed by atoms with Gasteiger partial charge >= 0.3 is 0 Å². The summed E-state index contributed by atoms with van der Waals surface area (Å²) in [6, 6.07) is 7.17. The molecule has 1 aromatic carbocycles. The lowest BCUT2D eigenvalue weighted by Gasteiger charge is -2.06. The Morgan fingerprint density at radius 1 is 1.33 bits per heavy atom. The lowest BCUT2D eigenvalue weighted by molar-refractivity contribution is -0.120. The van der Waals surface area contributed by atoms with Crippen LogP contribution < -0.4 is 11.1 Å². The molecule has 0 saturated carbocycles. The number of carbonyl (C=O) groups excluding carboxylic acids is 1. The van der Waals surface area contributed by atoms with Crippen molar-refractivity contribution in [1.82, 2.24) is 5.32 Å². The normalized spacial score (nSPS) is 11.2. The van der Waals surface area contributed by atoms with Crippen LogP contribution in [-0.2, 0) is 21.1 Å². The maximum Gasteiger partial charge on any atom is 0.224 e. The van der Waals surface area contributed by atoms with Gasteiger partial charge in [-0.1, -0.05) is 18.2 Å². The van der Waals surface area contributed by atoms with Crippen LogP contribution >= 0.6 is 0 Å². The highest BCUT2D eigenvalue weighted by atomic mass is 32.2. The first kappa shape index (κ1) is 14.5. The Bertz CT molecular complexity index is 512. The van der Waals surface area contributed by atoms with Crippen molar-refractivity contribution in [3.63, 3.8) is 0 Å². The van der Waals surface area contributed by atoms with Crippen molar-refractivity contribution in [2.24, 2.45) is 0 Å². The van der Waals surface area contributed by atoms with E-state index >= 15 is 0 Å². The van der Waals surface area contributed by atoms with Gasteiger partial charge in [-0.2, -0.15) is 0 Å². The predicted molar refractivity (Wildman–Crippen MR) is 71.9 cm³/mol. The molecule has 0 heterocycles. The molecule has 0 fully saturated rings. The van der Waals surface area contributed by atoms with Crippen LogP contribution in [0.25, 0.3) is 0 Å². The van der Waals surface area contributed by atoms with E-state index in [9.17, 15) is 13.2 Å². The molecule has 0 unspecified atom stereocenters. The van der Waals surface area contributed by atoms with E-state index < -0.39 is 9.84 Å². The van der Waals surface area contributed by atoms with Crippen molar-refractivity contribution in [3.8, 4) is 0 Å². The third-order valence-corrected chi connectivity index (χ3v) is 3.45.